The first kappa shape index (κ1) is 14.1. The molecule has 0 saturated heterocycles. The number of nitrogens with zero attached hydrogens (tertiary/aromatic N) is 2. The summed E-state index contributed by atoms with van der Waals surface area (Å²) in [5.74, 6) is 0.110. The van der Waals surface area contributed by atoms with Gasteiger partial charge in [-0.2, -0.15) is 0 Å². The number of aromatic nitrogens is 1. The maximum atomic E-state index is 11.5. The van der Waals surface area contributed by atoms with Crippen LogP contribution in [-0.4, -0.2) is 44.1 Å². The molecule has 0 spiro atoms. The summed E-state index contributed by atoms with van der Waals surface area (Å²) < 4.78 is 24.2. The van der Waals surface area contributed by atoms with E-state index in [9.17, 15) is 8.42 Å². The van der Waals surface area contributed by atoms with E-state index < -0.39 is 10.0 Å². The van der Waals surface area contributed by atoms with E-state index in [2.05, 4.69) is 10.3 Å². The van der Waals surface area contributed by atoms with Crippen molar-refractivity contribution in [2.24, 2.45) is 0 Å². The summed E-state index contributed by atoms with van der Waals surface area (Å²) in [4.78, 5) is 4.03. The topological polar surface area (TPSA) is 62.3 Å². The Morgan fingerprint density at radius 3 is 2.71 bits per heavy atom. The molecule has 1 N–H and O–H groups in total. The largest absolute Gasteiger partial charge is 0.312 e. The van der Waals surface area contributed by atoms with Crippen LogP contribution in [0.25, 0.3) is 0 Å². The van der Waals surface area contributed by atoms with Gasteiger partial charge in [0.1, 0.15) is 0 Å². The lowest BCUT2D eigenvalue weighted by atomic mass is 10.2. The van der Waals surface area contributed by atoms with E-state index in [0.29, 0.717) is 13.1 Å². The zero-order valence-corrected chi connectivity index (χ0v) is 11.3. The Balaban J connectivity index is 2.38. The molecule has 0 radical (unpaired) electrons. The molecule has 0 aliphatic carbocycles. The van der Waals surface area contributed by atoms with Gasteiger partial charge in [-0.25, -0.2) is 12.7 Å². The quantitative estimate of drug-likeness (QED) is 0.748. The molecule has 0 aromatic carbocycles. The first-order valence-electron chi connectivity index (χ1n) is 5.44. The standard InChI is InChI=1S/C11H19N3O2S/c1-10-4-5-12-8-11(10)9-13-6-7-17(15,16)14(2)3/h4-5,8,13H,6-7,9H2,1-3H3. The van der Waals surface area contributed by atoms with Crippen molar-refractivity contribution in [2.45, 2.75) is 13.5 Å². The minimum Gasteiger partial charge on any atom is -0.312 e. The molecule has 96 valence electrons. The third kappa shape index (κ3) is 4.41. The molecule has 0 unspecified atom stereocenters. The van der Waals surface area contributed by atoms with Gasteiger partial charge in [0.15, 0.2) is 0 Å². The SMILES string of the molecule is Cc1ccncc1CNCCS(=O)(=O)N(C)C. The van der Waals surface area contributed by atoms with Gasteiger partial charge in [0, 0.05) is 39.6 Å². The molecule has 0 aliphatic rings. The Morgan fingerprint density at radius 2 is 2.12 bits per heavy atom. The Kier molecular flexibility index (Phi) is 5.04. The number of hydrogen-bond acceptors (Lipinski definition) is 4. The van der Waals surface area contributed by atoms with E-state index >= 15 is 0 Å². The average molecular weight is 257 g/mol. The predicted octanol–water partition coefficient (Wildman–Crippen LogP) is 0.371. The van der Waals surface area contributed by atoms with Gasteiger partial charge in [0.05, 0.1) is 5.75 Å². The van der Waals surface area contributed by atoms with Crippen LogP contribution in [0.15, 0.2) is 18.5 Å². The van der Waals surface area contributed by atoms with Gasteiger partial charge in [-0.3, -0.25) is 4.98 Å². The van der Waals surface area contributed by atoms with Crippen molar-refractivity contribution in [1.29, 1.82) is 0 Å². The summed E-state index contributed by atoms with van der Waals surface area (Å²) in [6.45, 7) is 3.09. The number of aryl methyl sites for hydroxylation is 1. The molecule has 0 atom stereocenters. The van der Waals surface area contributed by atoms with Crippen molar-refractivity contribution in [2.75, 3.05) is 26.4 Å². The van der Waals surface area contributed by atoms with Crippen LogP contribution in [0.5, 0.6) is 0 Å². The average Bonchev–Trinajstić information content (AvgIpc) is 2.26. The third-order valence-corrected chi connectivity index (χ3v) is 4.39. The maximum Gasteiger partial charge on any atom is 0.214 e. The van der Waals surface area contributed by atoms with E-state index in [-0.39, 0.29) is 5.75 Å². The molecule has 1 heterocycles. The molecular formula is C11H19N3O2S. The Labute approximate surface area is 103 Å². The van der Waals surface area contributed by atoms with Crippen molar-refractivity contribution in [3.8, 4) is 0 Å². The number of hydrogen-bond donors (Lipinski definition) is 1. The van der Waals surface area contributed by atoms with Gasteiger partial charge in [0.25, 0.3) is 0 Å². The second kappa shape index (κ2) is 6.09. The Morgan fingerprint density at radius 1 is 1.41 bits per heavy atom. The molecule has 1 rings (SSSR count). The minimum atomic E-state index is -3.11. The molecule has 5 nitrogen and oxygen atoms in total. The zero-order chi connectivity index (χ0) is 12.9. The fourth-order valence-electron chi connectivity index (χ4n) is 1.29. The van der Waals surface area contributed by atoms with Gasteiger partial charge in [0.2, 0.25) is 10.0 Å². The lowest BCUT2D eigenvalue weighted by molar-refractivity contribution is 0.517. The third-order valence-electron chi connectivity index (χ3n) is 2.56. The second-order valence-electron chi connectivity index (χ2n) is 4.08. The molecule has 0 bridgehead atoms. The maximum absolute atomic E-state index is 11.5. The first-order valence-corrected chi connectivity index (χ1v) is 7.05. The van der Waals surface area contributed by atoms with Crippen LogP contribution in [0.2, 0.25) is 0 Å². The minimum absolute atomic E-state index is 0.110. The Bertz CT molecular complexity index is 458. The highest BCUT2D eigenvalue weighted by Crippen LogP contribution is 2.03. The summed E-state index contributed by atoms with van der Waals surface area (Å²) in [6, 6.07) is 1.94. The predicted molar refractivity (Wildman–Crippen MR) is 68.2 cm³/mol. The van der Waals surface area contributed by atoms with E-state index in [1.807, 2.05) is 13.0 Å². The summed E-state index contributed by atoms with van der Waals surface area (Å²) in [5.41, 5.74) is 2.25. The highest BCUT2D eigenvalue weighted by molar-refractivity contribution is 7.89. The van der Waals surface area contributed by atoms with E-state index in [1.165, 1.54) is 4.31 Å². The molecule has 1 aromatic rings. The zero-order valence-electron chi connectivity index (χ0n) is 10.5. The van der Waals surface area contributed by atoms with Crippen molar-refractivity contribution in [1.82, 2.24) is 14.6 Å². The smallest absolute Gasteiger partial charge is 0.214 e. The van der Waals surface area contributed by atoms with E-state index in [1.54, 1.807) is 26.5 Å². The summed E-state index contributed by atoms with van der Waals surface area (Å²) in [5, 5.41) is 3.11. The Hall–Kier alpha value is -0.980. The van der Waals surface area contributed by atoms with Crippen LogP contribution in [-0.2, 0) is 16.6 Å². The van der Waals surface area contributed by atoms with Gasteiger partial charge in [-0.15, -0.1) is 0 Å². The molecular weight excluding hydrogens is 238 g/mol. The van der Waals surface area contributed by atoms with Crippen molar-refractivity contribution in [3.05, 3.63) is 29.6 Å². The van der Waals surface area contributed by atoms with Crippen molar-refractivity contribution < 1.29 is 8.42 Å². The van der Waals surface area contributed by atoms with Crippen molar-refractivity contribution in [3.63, 3.8) is 0 Å². The number of pyridine rings is 1. The van der Waals surface area contributed by atoms with Crippen molar-refractivity contribution >= 4 is 10.0 Å². The van der Waals surface area contributed by atoms with Gasteiger partial charge in [-0.1, -0.05) is 0 Å². The van der Waals surface area contributed by atoms with Crippen LogP contribution in [0.1, 0.15) is 11.1 Å². The highest BCUT2D eigenvalue weighted by atomic mass is 32.2. The number of nitrogens with one attached hydrogen (secondary N) is 1. The van der Waals surface area contributed by atoms with Crippen LogP contribution in [0.3, 0.4) is 0 Å². The molecule has 17 heavy (non-hydrogen) atoms. The van der Waals surface area contributed by atoms with Gasteiger partial charge < -0.3 is 5.32 Å². The molecule has 0 aliphatic heterocycles. The summed E-state index contributed by atoms with van der Waals surface area (Å²) >= 11 is 0. The lowest BCUT2D eigenvalue weighted by Gasteiger charge is -2.12. The van der Waals surface area contributed by atoms with Gasteiger partial charge in [-0.05, 0) is 24.1 Å². The molecule has 1 aromatic heterocycles. The fourth-order valence-corrected chi connectivity index (χ4v) is 2.06. The summed E-state index contributed by atoms with van der Waals surface area (Å²) in [7, 11) is -0.0230. The first-order chi connectivity index (χ1) is 7.93. The highest BCUT2D eigenvalue weighted by Gasteiger charge is 2.12. The van der Waals surface area contributed by atoms with Crippen LogP contribution < -0.4 is 5.32 Å². The summed E-state index contributed by atoms with van der Waals surface area (Å²) in [6.07, 6.45) is 3.54. The normalized spacial score (nSPS) is 12.0. The second-order valence-corrected chi connectivity index (χ2v) is 6.38. The fraction of sp³-hybridized carbons (Fsp3) is 0.545. The van der Waals surface area contributed by atoms with Crippen LogP contribution >= 0.6 is 0 Å². The number of rotatable bonds is 6. The van der Waals surface area contributed by atoms with E-state index in [4.69, 9.17) is 0 Å². The molecule has 6 heteroatoms. The van der Waals surface area contributed by atoms with Gasteiger partial charge >= 0.3 is 0 Å². The van der Waals surface area contributed by atoms with Crippen LogP contribution in [0.4, 0.5) is 0 Å². The number of sulfonamides is 1. The van der Waals surface area contributed by atoms with E-state index in [0.717, 1.165) is 11.1 Å². The monoisotopic (exact) mass is 257 g/mol. The lowest BCUT2D eigenvalue weighted by Crippen LogP contribution is -2.31. The van der Waals surface area contributed by atoms with Crippen LogP contribution in [0, 0.1) is 6.92 Å². The molecule has 0 saturated carbocycles. The molecule has 0 fully saturated rings. The molecule has 0 amide bonds.